The number of aryl methyl sites for hydroxylation is 3. The topological polar surface area (TPSA) is 90.0 Å². The van der Waals surface area contributed by atoms with E-state index in [-0.39, 0.29) is 4.90 Å². The molecule has 0 atom stereocenters. The van der Waals surface area contributed by atoms with Crippen LogP contribution in [-0.2, 0) is 17.1 Å². The number of nitrogen functional groups attached to an aromatic ring is 1. The molecule has 6 nitrogen and oxygen atoms in total. The van der Waals surface area contributed by atoms with Crippen LogP contribution in [0.2, 0.25) is 0 Å². The van der Waals surface area contributed by atoms with Crippen LogP contribution in [-0.4, -0.2) is 18.2 Å². The number of sulfonamides is 1. The van der Waals surface area contributed by atoms with Crippen LogP contribution in [0.1, 0.15) is 11.3 Å². The molecule has 0 bridgehead atoms. The lowest BCUT2D eigenvalue weighted by molar-refractivity contribution is 0.599. The molecule has 0 saturated heterocycles. The van der Waals surface area contributed by atoms with E-state index in [2.05, 4.69) is 9.82 Å². The highest BCUT2D eigenvalue weighted by atomic mass is 32.2. The van der Waals surface area contributed by atoms with Gasteiger partial charge in [0.25, 0.3) is 10.0 Å². The zero-order valence-electron chi connectivity index (χ0n) is 11.0. The first-order valence-corrected chi connectivity index (χ1v) is 7.17. The van der Waals surface area contributed by atoms with Gasteiger partial charge in [-0.25, -0.2) is 8.42 Å². The predicted molar refractivity (Wildman–Crippen MR) is 74.3 cm³/mol. The van der Waals surface area contributed by atoms with Gasteiger partial charge in [-0.15, -0.1) is 0 Å². The molecular formula is C12H16N4O2S. The van der Waals surface area contributed by atoms with Crippen LogP contribution in [0.5, 0.6) is 0 Å². The van der Waals surface area contributed by atoms with Crippen molar-refractivity contribution >= 4 is 21.5 Å². The summed E-state index contributed by atoms with van der Waals surface area (Å²) in [6.07, 6.45) is 0. The lowest BCUT2D eigenvalue weighted by Crippen LogP contribution is -2.16. The molecule has 1 aromatic carbocycles. The van der Waals surface area contributed by atoms with Gasteiger partial charge in [0.05, 0.1) is 10.6 Å². The van der Waals surface area contributed by atoms with Crippen molar-refractivity contribution in [2.45, 2.75) is 18.7 Å². The summed E-state index contributed by atoms with van der Waals surface area (Å²) in [6, 6.07) is 6.36. The van der Waals surface area contributed by atoms with Crippen molar-refractivity contribution in [3.63, 3.8) is 0 Å². The Bertz CT molecular complexity index is 719. The maximum Gasteiger partial charge on any atom is 0.263 e. The number of nitrogens with zero attached hydrogens (tertiary/aromatic N) is 2. The molecule has 1 aromatic heterocycles. The Balaban J connectivity index is 2.40. The number of rotatable bonds is 3. The Kier molecular flexibility index (Phi) is 3.23. The number of hydrogen-bond donors (Lipinski definition) is 2. The quantitative estimate of drug-likeness (QED) is 0.832. The molecule has 0 aliphatic carbocycles. The smallest absolute Gasteiger partial charge is 0.263 e. The van der Waals surface area contributed by atoms with Crippen molar-refractivity contribution in [3.05, 3.63) is 35.5 Å². The first kappa shape index (κ1) is 13.4. The minimum Gasteiger partial charge on any atom is -0.399 e. The number of nitrogens with one attached hydrogen (secondary N) is 1. The number of hydrogen-bond acceptors (Lipinski definition) is 4. The largest absolute Gasteiger partial charge is 0.399 e. The number of anilines is 2. The summed E-state index contributed by atoms with van der Waals surface area (Å²) in [5, 5.41) is 4.10. The van der Waals surface area contributed by atoms with Crippen LogP contribution < -0.4 is 10.5 Å². The van der Waals surface area contributed by atoms with Crippen molar-refractivity contribution in [2.75, 3.05) is 10.5 Å². The van der Waals surface area contributed by atoms with Gasteiger partial charge in [0.15, 0.2) is 0 Å². The summed E-state index contributed by atoms with van der Waals surface area (Å²) in [7, 11) is -1.96. The van der Waals surface area contributed by atoms with Gasteiger partial charge in [-0.05, 0) is 37.6 Å². The molecule has 0 radical (unpaired) electrons. The summed E-state index contributed by atoms with van der Waals surface area (Å²) in [5.74, 6) is 0.425. The summed E-state index contributed by atoms with van der Waals surface area (Å²) >= 11 is 0. The number of benzene rings is 1. The fourth-order valence-electron chi connectivity index (χ4n) is 1.87. The van der Waals surface area contributed by atoms with Crippen LogP contribution in [0, 0.1) is 13.8 Å². The van der Waals surface area contributed by atoms with Crippen LogP contribution in [0.25, 0.3) is 0 Å². The van der Waals surface area contributed by atoms with Gasteiger partial charge >= 0.3 is 0 Å². The second-order valence-corrected chi connectivity index (χ2v) is 6.08. The molecule has 0 spiro atoms. The highest BCUT2D eigenvalue weighted by Gasteiger charge is 2.18. The summed E-state index contributed by atoms with van der Waals surface area (Å²) in [6.45, 7) is 3.51. The van der Waals surface area contributed by atoms with E-state index in [0.717, 1.165) is 5.69 Å². The fraction of sp³-hybridized carbons (Fsp3) is 0.250. The van der Waals surface area contributed by atoms with E-state index in [4.69, 9.17) is 5.73 Å². The lowest BCUT2D eigenvalue weighted by Gasteiger charge is -2.10. The Morgan fingerprint density at radius 2 is 1.95 bits per heavy atom. The Hall–Kier alpha value is -2.02. The monoisotopic (exact) mass is 280 g/mol. The van der Waals surface area contributed by atoms with E-state index in [1.165, 1.54) is 10.7 Å². The van der Waals surface area contributed by atoms with Crippen molar-refractivity contribution in [3.8, 4) is 0 Å². The molecule has 2 aromatic rings. The van der Waals surface area contributed by atoms with E-state index in [0.29, 0.717) is 17.1 Å². The zero-order chi connectivity index (χ0) is 14.2. The van der Waals surface area contributed by atoms with Crippen molar-refractivity contribution < 1.29 is 8.42 Å². The minimum absolute atomic E-state index is 0.209. The van der Waals surface area contributed by atoms with E-state index in [1.807, 2.05) is 0 Å². The van der Waals surface area contributed by atoms with E-state index in [1.54, 1.807) is 39.1 Å². The lowest BCUT2D eigenvalue weighted by atomic mass is 10.2. The fourth-order valence-corrected chi connectivity index (χ4v) is 3.18. The number of aromatic nitrogens is 2. The normalized spacial score (nSPS) is 11.5. The van der Waals surface area contributed by atoms with Crippen LogP contribution >= 0.6 is 0 Å². The van der Waals surface area contributed by atoms with Gasteiger partial charge < -0.3 is 5.73 Å². The van der Waals surface area contributed by atoms with Crippen molar-refractivity contribution in [2.24, 2.45) is 7.05 Å². The SMILES string of the molecule is Cc1cc(NS(=O)(=O)c2ccc(N)cc2C)n(C)n1. The Morgan fingerprint density at radius 1 is 1.26 bits per heavy atom. The Labute approximate surface area is 112 Å². The first-order valence-electron chi connectivity index (χ1n) is 5.69. The third-order valence-electron chi connectivity index (χ3n) is 2.73. The molecule has 0 aliphatic heterocycles. The molecule has 0 aliphatic rings. The molecule has 2 rings (SSSR count). The maximum absolute atomic E-state index is 12.3. The van der Waals surface area contributed by atoms with Crippen LogP contribution in [0.3, 0.4) is 0 Å². The molecule has 19 heavy (non-hydrogen) atoms. The average Bonchev–Trinajstić information content (AvgIpc) is 2.55. The molecule has 1 heterocycles. The van der Waals surface area contributed by atoms with Crippen molar-refractivity contribution in [1.29, 1.82) is 0 Å². The summed E-state index contributed by atoms with van der Waals surface area (Å²) in [5.41, 5.74) is 7.50. The Morgan fingerprint density at radius 3 is 2.47 bits per heavy atom. The molecule has 0 amide bonds. The molecule has 102 valence electrons. The predicted octanol–water partition coefficient (Wildman–Crippen LogP) is 1.42. The minimum atomic E-state index is -3.64. The summed E-state index contributed by atoms with van der Waals surface area (Å²) < 4.78 is 28.6. The van der Waals surface area contributed by atoms with Gasteiger partial charge in [-0.3, -0.25) is 9.40 Å². The second kappa shape index (κ2) is 4.58. The average molecular weight is 280 g/mol. The third-order valence-corrected chi connectivity index (χ3v) is 4.24. The standard InChI is InChI=1S/C12H16N4O2S/c1-8-6-10(13)4-5-11(8)19(17,18)15-12-7-9(2)14-16(12)3/h4-7,15H,13H2,1-3H3. The van der Waals surface area contributed by atoms with Gasteiger partial charge in [-0.2, -0.15) is 5.10 Å². The third kappa shape index (κ3) is 2.70. The van der Waals surface area contributed by atoms with Gasteiger partial charge in [0.2, 0.25) is 0 Å². The number of nitrogens with two attached hydrogens (primary N) is 1. The molecule has 7 heteroatoms. The van der Waals surface area contributed by atoms with Crippen LogP contribution in [0.4, 0.5) is 11.5 Å². The van der Waals surface area contributed by atoms with E-state index in [9.17, 15) is 8.42 Å². The van der Waals surface area contributed by atoms with Crippen LogP contribution in [0.15, 0.2) is 29.2 Å². The zero-order valence-corrected chi connectivity index (χ0v) is 11.8. The molecular weight excluding hydrogens is 264 g/mol. The maximum atomic E-state index is 12.3. The molecule has 3 N–H and O–H groups in total. The van der Waals surface area contributed by atoms with Gasteiger partial charge in [0.1, 0.15) is 5.82 Å². The molecule has 0 unspecified atom stereocenters. The second-order valence-electron chi connectivity index (χ2n) is 4.42. The van der Waals surface area contributed by atoms with Gasteiger partial charge in [-0.1, -0.05) is 0 Å². The van der Waals surface area contributed by atoms with Gasteiger partial charge in [0, 0.05) is 18.8 Å². The molecule has 0 saturated carbocycles. The highest BCUT2D eigenvalue weighted by Crippen LogP contribution is 2.21. The molecule has 0 fully saturated rings. The van der Waals surface area contributed by atoms with Crippen molar-refractivity contribution in [1.82, 2.24) is 9.78 Å². The first-order chi connectivity index (χ1) is 8.79. The highest BCUT2D eigenvalue weighted by molar-refractivity contribution is 7.92. The van der Waals surface area contributed by atoms with E-state index >= 15 is 0 Å². The van der Waals surface area contributed by atoms with E-state index < -0.39 is 10.0 Å². The summed E-state index contributed by atoms with van der Waals surface area (Å²) in [4.78, 5) is 0.209.